The maximum absolute atomic E-state index is 13.1. The molecule has 20 heavy (non-hydrogen) atoms. The van der Waals surface area contributed by atoms with E-state index in [1.165, 1.54) is 6.07 Å². The molecule has 1 unspecified atom stereocenters. The van der Waals surface area contributed by atoms with Gasteiger partial charge in [0.25, 0.3) is 0 Å². The Morgan fingerprint density at radius 2 is 2.05 bits per heavy atom. The number of halogens is 2. The van der Waals surface area contributed by atoms with E-state index >= 15 is 0 Å². The lowest BCUT2D eigenvalue weighted by Crippen LogP contribution is -2.44. The first-order valence-corrected chi connectivity index (χ1v) is 7.07. The minimum atomic E-state index is -0.432. The van der Waals surface area contributed by atoms with Gasteiger partial charge in [-0.1, -0.05) is 31.5 Å². The Balaban J connectivity index is 2.70. The Labute approximate surface area is 125 Å². The van der Waals surface area contributed by atoms with E-state index in [-0.39, 0.29) is 17.0 Å². The molecule has 0 saturated carbocycles. The van der Waals surface area contributed by atoms with Gasteiger partial charge in [-0.25, -0.2) is 4.39 Å². The Hall–Kier alpha value is -1.13. The maximum atomic E-state index is 13.1. The van der Waals surface area contributed by atoms with Crippen molar-refractivity contribution in [2.45, 2.75) is 32.9 Å². The zero-order valence-electron chi connectivity index (χ0n) is 12.4. The van der Waals surface area contributed by atoms with Crippen LogP contribution in [0.3, 0.4) is 0 Å². The van der Waals surface area contributed by atoms with Crippen molar-refractivity contribution in [3.05, 3.63) is 34.6 Å². The number of hydrogen-bond donors (Lipinski definition) is 1. The second-order valence-electron chi connectivity index (χ2n) is 5.54. The molecule has 0 aliphatic heterocycles. The van der Waals surface area contributed by atoms with Crippen LogP contribution in [-0.2, 0) is 11.3 Å². The van der Waals surface area contributed by atoms with Crippen LogP contribution in [0.15, 0.2) is 18.2 Å². The third kappa shape index (κ3) is 5.10. The molecule has 1 N–H and O–H groups in total. The largest absolute Gasteiger partial charge is 0.347 e. The fraction of sp³-hybridized carbons (Fsp3) is 0.533. The molecule has 0 spiro atoms. The minimum absolute atomic E-state index is 0.0481. The average molecular weight is 301 g/mol. The highest BCUT2D eigenvalue weighted by atomic mass is 35.5. The summed E-state index contributed by atoms with van der Waals surface area (Å²) in [6.45, 7) is 4.63. The molecule has 0 aliphatic rings. The number of carbonyl (C=O) groups is 1. The maximum Gasteiger partial charge on any atom is 0.239 e. The van der Waals surface area contributed by atoms with E-state index in [9.17, 15) is 9.18 Å². The summed E-state index contributed by atoms with van der Waals surface area (Å²) < 4.78 is 13.1. The number of rotatable bonds is 6. The van der Waals surface area contributed by atoms with E-state index in [1.54, 1.807) is 31.1 Å². The highest BCUT2D eigenvalue weighted by molar-refractivity contribution is 6.30. The molecule has 0 saturated heterocycles. The summed E-state index contributed by atoms with van der Waals surface area (Å²) in [6.07, 6.45) is 0.756. The highest BCUT2D eigenvalue weighted by Gasteiger charge is 2.20. The van der Waals surface area contributed by atoms with Gasteiger partial charge in [0.1, 0.15) is 5.82 Å². The molecule has 0 bridgehead atoms. The normalized spacial score (nSPS) is 12.6. The van der Waals surface area contributed by atoms with E-state index in [0.717, 1.165) is 12.0 Å². The van der Waals surface area contributed by atoms with Gasteiger partial charge in [-0.3, -0.25) is 4.79 Å². The van der Waals surface area contributed by atoms with Gasteiger partial charge < -0.3 is 10.2 Å². The van der Waals surface area contributed by atoms with Crippen LogP contribution in [0.4, 0.5) is 4.39 Å². The summed E-state index contributed by atoms with van der Waals surface area (Å²) in [7, 11) is 3.48. The molecular weight excluding hydrogens is 279 g/mol. The first-order valence-electron chi connectivity index (χ1n) is 6.69. The third-order valence-electron chi connectivity index (χ3n) is 2.98. The summed E-state index contributed by atoms with van der Waals surface area (Å²) in [5.74, 6) is 0.0265. The predicted molar refractivity (Wildman–Crippen MR) is 80.2 cm³/mol. The Morgan fingerprint density at radius 3 is 2.55 bits per heavy atom. The molecule has 1 amide bonds. The molecule has 1 rings (SSSR count). The number of carbonyl (C=O) groups excluding carboxylic acids is 1. The van der Waals surface area contributed by atoms with Crippen LogP contribution in [0.1, 0.15) is 25.8 Å². The van der Waals surface area contributed by atoms with Crippen LogP contribution in [0.25, 0.3) is 0 Å². The first kappa shape index (κ1) is 16.9. The van der Waals surface area contributed by atoms with Crippen LogP contribution in [0.2, 0.25) is 5.02 Å². The van der Waals surface area contributed by atoms with Gasteiger partial charge in [0.2, 0.25) is 5.91 Å². The van der Waals surface area contributed by atoms with E-state index in [4.69, 9.17) is 11.6 Å². The smallest absolute Gasteiger partial charge is 0.239 e. The van der Waals surface area contributed by atoms with Crippen molar-refractivity contribution in [2.75, 3.05) is 14.1 Å². The van der Waals surface area contributed by atoms with E-state index < -0.39 is 5.82 Å². The second-order valence-corrected chi connectivity index (χ2v) is 5.95. The number of nitrogens with one attached hydrogen (secondary N) is 1. The highest BCUT2D eigenvalue weighted by Crippen LogP contribution is 2.16. The number of benzene rings is 1. The van der Waals surface area contributed by atoms with Crippen LogP contribution < -0.4 is 5.32 Å². The van der Waals surface area contributed by atoms with Crippen LogP contribution >= 0.6 is 11.6 Å². The quantitative estimate of drug-likeness (QED) is 0.875. The van der Waals surface area contributed by atoms with Crippen LogP contribution in [0, 0.1) is 11.7 Å². The molecule has 0 aromatic heterocycles. The molecule has 3 nitrogen and oxygen atoms in total. The standard InChI is InChI=1S/C15H22ClFN2O/c1-10(2)7-14(15(20)19(3)4)18-9-11-5-6-13(17)12(16)8-11/h5-6,8,10,14,18H,7,9H2,1-4H3. The van der Waals surface area contributed by atoms with Crippen molar-refractivity contribution in [1.29, 1.82) is 0 Å². The second kappa shape index (κ2) is 7.60. The molecule has 5 heteroatoms. The third-order valence-corrected chi connectivity index (χ3v) is 3.27. The minimum Gasteiger partial charge on any atom is -0.347 e. The molecular formula is C15H22ClFN2O. The molecule has 1 aromatic carbocycles. The van der Waals surface area contributed by atoms with E-state index in [1.807, 2.05) is 0 Å². The van der Waals surface area contributed by atoms with Gasteiger partial charge in [0, 0.05) is 20.6 Å². The SMILES string of the molecule is CC(C)CC(NCc1ccc(F)c(Cl)c1)C(=O)N(C)C. The molecule has 0 heterocycles. The van der Waals surface area contributed by atoms with Crippen LogP contribution in [-0.4, -0.2) is 30.9 Å². The van der Waals surface area contributed by atoms with Gasteiger partial charge in [-0.2, -0.15) is 0 Å². The number of amides is 1. The van der Waals surface area contributed by atoms with Gasteiger partial charge in [0.05, 0.1) is 11.1 Å². The Kier molecular flexibility index (Phi) is 6.43. The van der Waals surface area contributed by atoms with Gasteiger partial charge in [-0.15, -0.1) is 0 Å². The lowest BCUT2D eigenvalue weighted by atomic mass is 10.0. The number of hydrogen-bond acceptors (Lipinski definition) is 2. The number of likely N-dealkylation sites (N-methyl/N-ethyl adjacent to an activating group) is 1. The van der Waals surface area contributed by atoms with Crippen molar-refractivity contribution < 1.29 is 9.18 Å². The Morgan fingerprint density at radius 1 is 1.40 bits per heavy atom. The topological polar surface area (TPSA) is 32.3 Å². The summed E-state index contributed by atoms with van der Waals surface area (Å²) in [5.41, 5.74) is 0.858. The fourth-order valence-corrected chi connectivity index (χ4v) is 2.15. The summed E-state index contributed by atoms with van der Waals surface area (Å²) in [5, 5.41) is 3.32. The van der Waals surface area contributed by atoms with E-state index in [0.29, 0.717) is 12.5 Å². The summed E-state index contributed by atoms with van der Waals surface area (Å²) in [4.78, 5) is 13.7. The molecule has 0 radical (unpaired) electrons. The lowest BCUT2D eigenvalue weighted by molar-refractivity contribution is -0.131. The molecule has 112 valence electrons. The van der Waals surface area contributed by atoms with Crippen molar-refractivity contribution >= 4 is 17.5 Å². The zero-order chi connectivity index (χ0) is 15.3. The zero-order valence-corrected chi connectivity index (χ0v) is 13.2. The Bertz CT molecular complexity index is 463. The van der Waals surface area contributed by atoms with Gasteiger partial charge in [-0.05, 0) is 30.0 Å². The summed E-state index contributed by atoms with van der Waals surface area (Å²) in [6, 6.07) is 4.34. The monoisotopic (exact) mass is 300 g/mol. The predicted octanol–water partition coefficient (Wildman–Crippen LogP) is 3.07. The van der Waals surface area contributed by atoms with Crippen molar-refractivity contribution in [3.63, 3.8) is 0 Å². The molecule has 0 fully saturated rings. The van der Waals surface area contributed by atoms with Crippen molar-refractivity contribution in [2.24, 2.45) is 5.92 Å². The lowest BCUT2D eigenvalue weighted by Gasteiger charge is -2.23. The average Bonchev–Trinajstić information content (AvgIpc) is 2.37. The van der Waals surface area contributed by atoms with Crippen molar-refractivity contribution in [3.8, 4) is 0 Å². The van der Waals surface area contributed by atoms with Gasteiger partial charge >= 0.3 is 0 Å². The molecule has 1 aromatic rings. The van der Waals surface area contributed by atoms with E-state index in [2.05, 4.69) is 19.2 Å². The molecule has 1 atom stereocenters. The summed E-state index contributed by atoms with van der Waals surface area (Å²) >= 11 is 5.75. The first-order chi connectivity index (χ1) is 9.31. The van der Waals surface area contributed by atoms with Gasteiger partial charge in [0.15, 0.2) is 0 Å². The van der Waals surface area contributed by atoms with Crippen molar-refractivity contribution in [1.82, 2.24) is 10.2 Å². The number of nitrogens with zero attached hydrogens (tertiary/aromatic N) is 1. The fourth-order valence-electron chi connectivity index (χ4n) is 1.95. The molecule has 0 aliphatic carbocycles. The van der Waals surface area contributed by atoms with Crippen LogP contribution in [0.5, 0.6) is 0 Å².